The summed E-state index contributed by atoms with van der Waals surface area (Å²) in [7, 11) is 0. The zero-order valence-electron chi connectivity index (χ0n) is 9.26. The normalized spacial score (nSPS) is 19.8. The maximum Gasteiger partial charge on any atom is 0.412 e. The molecule has 1 aliphatic heterocycles. The molecule has 1 saturated heterocycles. The summed E-state index contributed by atoms with van der Waals surface area (Å²) in [5, 5.41) is 0. The van der Waals surface area contributed by atoms with E-state index in [9.17, 15) is 4.79 Å². The van der Waals surface area contributed by atoms with Crippen LogP contribution in [0.1, 0.15) is 12.5 Å². The SMILES string of the molecule is CC1CN(C(=O)OCc2ccccc2)CO1. The van der Waals surface area contributed by atoms with Crippen LogP contribution in [-0.4, -0.2) is 30.4 Å². The number of ether oxygens (including phenoxy) is 2. The molecule has 0 bridgehead atoms. The summed E-state index contributed by atoms with van der Waals surface area (Å²) in [5.74, 6) is 0. The lowest BCUT2D eigenvalue weighted by Gasteiger charge is -2.13. The van der Waals surface area contributed by atoms with Gasteiger partial charge in [-0.05, 0) is 12.5 Å². The number of rotatable bonds is 2. The van der Waals surface area contributed by atoms with Crippen LogP contribution in [-0.2, 0) is 16.1 Å². The van der Waals surface area contributed by atoms with Crippen LogP contribution in [0.5, 0.6) is 0 Å². The molecule has 0 spiro atoms. The minimum absolute atomic E-state index is 0.101. The summed E-state index contributed by atoms with van der Waals surface area (Å²) in [6.07, 6.45) is -0.211. The molecule has 2 rings (SSSR count). The van der Waals surface area contributed by atoms with E-state index in [1.807, 2.05) is 37.3 Å². The smallest absolute Gasteiger partial charge is 0.412 e. The summed E-state index contributed by atoms with van der Waals surface area (Å²) < 4.78 is 10.4. The summed E-state index contributed by atoms with van der Waals surface area (Å²) >= 11 is 0. The maximum absolute atomic E-state index is 11.6. The zero-order valence-corrected chi connectivity index (χ0v) is 9.26. The predicted octanol–water partition coefficient (Wildman–Crippen LogP) is 2.00. The van der Waals surface area contributed by atoms with Gasteiger partial charge in [0.25, 0.3) is 0 Å². The number of hydrogen-bond donors (Lipinski definition) is 0. The number of carbonyl (C=O) groups excluding carboxylic acids is 1. The van der Waals surface area contributed by atoms with Crippen molar-refractivity contribution in [3.8, 4) is 0 Å². The monoisotopic (exact) mass is 221 g/mol. The van der Waals surface area contributed by atoms with Crippen LogP contribution in [0.15, 0.2) is 30.3 Å². The van der Waals surface area contributed by atoms with Crippen molar-refractivity contribution in [2.24, 2.45) is 0 Å². The largest absolute Gasteiger partial charge is 0.444 e. The molecule has 1 heterocycles. The third-order valence-corrected chi connectivity index (χ3v) is 2.46. The Morgan fingerprint density at radius 2 is 2.25 bits per heavy atom. The van der Waals surface area contributed by atoms with Gasteiger partial charge < -0.3 is 9.47 Å². The van der Waals surface area contributed by atoms with Crippen molar-refractivity contribution in [2.75, 3.05) is 13.3 Å². The molecule has 16 heavy (non-hydrogen) atoms. The molecule has 1 aromatic rings. The van der Waals surface area contributed by atoms with Gasteiger partial charge in [-0.25, -0.2) is 4.79 Å². The Morgan fingerprint density at radius 3 is 2.88 bits per heavy atom. The van der Waals surface area contributed by atoms with E-state index >= 15 is 0 Å². The minimum atomic E-state index is -0.312. The highest BCUT2D eigenvalue weighted by atomic mass is 16.6. The average molecular weight is 221 g/mol. The maximum atomic E-state index is 11.6. The number of amides is 1. The van der Waals surface area contributed by atoms with Crippen molar-refractivity contribution < 1.29 is 14.3 Å². The Bertz CT molecular complexity index is 353. The molecule has 1 fully saturated rings. The van der Waals surface area contributed by atoms with Crippen molar-refractivity contribution in [3.05, 3.63) is 35.9 Å². The van der Waals surface area contributed by atoms with Crippen LogP contribution in [0, 0.1) is 0 Å². The van der Waals surface area contributed by atoms with Gasteiger partial charge in [0, 0.05) is 0 Å². The van der Waals surface area contributed by atoms with E-state index in [-0.39, 0.29) is 12.2 Å². The molecular formula is C12H15NO3. The minimum Gasteiger partial charge on any atom is -0.444 e. The van der Waals surface area contributed by atoms with Gasteiger partial charge in [-0.15, -0.1) is 0 Å². The van der Waals surface area contributed by atoms with Gasteiger partial charge in [0.2, 0.25) is 0 Å². The van der Waals surface area contributed by atoms with Crippen LogP contribution in [0.2, 0.25) is 0 Å². The fourth-order valence-electron chi connectivity index (χ4n) is 1.57. The van der Waals surface area contributed by atoms with E-state index in [2.05, 4.69) is 0 Å². The van der Waals surface area contributed by atoms with Crippen molar-refractivity contribution >= 4 is 6.09 Å². The van der Waals surface area contributed by atoms with Crippen LogP contribution >= 0.6 is 0 Å². The molecule has 1 amide bonds. The van der Waals surface area contributed by atoms with Gasteiger partial charge in [-0.2, -0.15) is 0 Å². The third-order valence-electron chi connectivity index (χ3n) is 2.46. The highest BCUT2D eigenvalue weighted by Gasteiger charge is 2.24. The Balaban J connectivity index is 1.80. The second-order valence-electron chi connectivity index (χ2n) is 3.87. The molecule has 1 aromatic carbocycles. The molecular weight excluding hydrogens is 206 g/mol. The molecule has 86 valence electrons. The highest BCUT2D eigenvalue weighted by molar-refractivity contribution is 5.67. The number of nitrogens with zero attached hydrogens (tertiary/aromatic N) is 1. The van der Waals surface area contributed by atoms with E-state index < -0.39 is 0 Å². The zero-order chi connectivity index (χ0) is 11.4. The fourth-order valence-corrected chi connectivity index (χ4v) is 1.57. The number of benzene rings is 1. The third kappa shape index (κ3) is 2.73. The van der Waals surface area contributed by atoms with Gasteiger partial charge in [0.15, 0.2) is 0 Å². The second-order valence-corrected chi connectivity index (χ2v) is 3.87. The first-order chi connectivity index (χ1) is 7.75. The molecule has 1 unspecified atom stereocenters. The van der Waals surface area contributed by atoms with Gasteiger partial charge in [-0.3, -0.25) is 4.90 Å². The topological polar surface area (TPSA) is 38.8 Å². The highest BCUT2D eigenvalue weighted by Crippen LogP contribution is 2.10. The van der Waals surface area contributed by atoms with Crippen LogP contribution in [0.25, 0.3) is 0 Å². The quantitative estimate of drug-likeness (QED) is 0.766. The van der Waals surface area contributed by atoms with Crippen molar-refractivity contribution in [1.29, 1.82) is 0 Å². The van der Waals surface area contributed by atoms with Gasteiger partial charge in [0.1, 0.15) is 13.3 Å². The van der Waals surface area contributed by atoms with Crippen LogP contribution < -0.4 is 0 Å². The lowest BCUT2D eigenvalue weighted by atomic mass is 10.2. The lowest BCUT2D eigenvalue weighted by Crippen LogP contribution is -2.29. The van der Waals surface area contributed by atoms with Crippen LogP contribution in [0.3, 0.4) is 0 Å². The molecule has 4 nitrogen and oxygen atoms in total. The first kappa shape index (κ1) is 11.0. The molecule has 1 aliphatic rings. The number of hydrogen-bond acceptors (Lipinski definition) is 3. The summed E-state index contributed by atoms with van der Waals surface area (Å²) in [6.45, 7) is 3.18. The molecule has 0 aliphatic carbocycles. The lowest BCUT2D eigenvalue weighted by molar-refractivity contribution is 0.0720. The molecule has 0 radical (unpaired) electrons. The number of carbonyl (C=O) groups is 1. The molecule has 4 heteroatoms. The van der Waals surface area contributed by atoms with Crippen molar-refractivity contribution in [2.45, 2.75) is 19.6 Å². The Labute approximate surface area is 94.8 Å². The summed E-state index contributed by atoms with van der Waals surface area (Å²) in [5.41, 5.74) is 0.990. The first-order valence-corrected chi connectivity index (χ1v) is 5.33. The van der Waals surface area contributed by atoms with Crippen molar-refractivity contribution in [1.82, 2.24) is 4.90 Å². The molecule has 0 saturated carbocycles. The van der Waals surface area contributed by atoms with Gasteiger partial charge in [-0.1, -0.05) is 30.3 Å². The predicted molar refractivity (Wildman–Crippen MR) is 58.7 cm³/mol. The van der Waals surface area contributed by atoms with Crippen LogP contribution in [0.4, 0.5) is 4.79 Å². The summed E-state index contributed by atoms with van der Waals surface area (Å²) in [4.78, 5) is 13.2. The van der Waals surface area contributed by atoms with Gasteiger partial charge in [0.05, 0.1) is 12.6 Å². The van der Waals surface area contributed by atoms with E-state index in [0.717, 1.165) is 5.56 Å². The second kappa shape index (κ2) is 4.99. The first-order valence-electron chi connectivity index (χ1n) is 5.33. The molecule has 1 atom stereocenters. The Morgan fingerprint density at radius 1 is 1.50 bits per heavy atom. The molecule has 0 aromatic heterocycles. The Hall–Kier alpha value is -1.55. The Kier molecular flexibility index (Phi) is 3.41. The van der Waals surface area contributed by atoms with E-state index in [4.69, 9.17) is 9.47 Å². The van der Waals surface area contributed by atoms with E-state index in [0.29, 0.717) is 19.9 Å². The van der Waals surface area contributed by atoms with Gasteiger partial charge >= 0.3 is 6.09 Å². The van der Waals surface area contributed by atoms with E-state index in [1.54, 1.807) is 4.90 Å². The fraction of sp³-hybridized carbons (Fsp3) is 0.417. The average Bonchev–Trinajstić information content (AvgIpc) is 2.74. The van der Waals surface area contributed by atoms with Crippen molar-refractivity contribution in [3.63, 3.8) is 0 Å². The van der Waals surface area contributed by atoms with E-state index in [1.165, 1.54) is 0 Å². The molecule has 0 N–H and O–H groups in total. The summed E-state index contributed by atoms with van der Waals surface area (Å²) in [6, 6.07) is 9.63. The standard InChI is InChI=1S/C12H15NO3/c1-10-7-13(9-16-10)12(14)15-8-11-5-3-2-4-6-11/h2-6,10H,7-9H2,1H3.